The third kappa shape index (κ3) is 7.41. The number of thiazole rings is 1. The van der Waals surface area contributed by atoms with Gasteiger partial charge in [-0.15, -0.1) is 0 Å². The number of nitriles is 1. The monoisotopic (exact) mass is 590 g/mol. The molecule has 0 radical (unpaired) electrons. The number of carbonyl (C=O) groups is 2. The van der Waals surface area contributed by atoms with E-state index in [2.05, 4.69) is 22.9 Å². The second-order valence-corrected chi connectivity index (χ2v) is 12.6. The molecule has 0 bridgehead atoms. The molecule has 2 aromatic carbocycles. The van der Waals surface area contributed by atoms with Gasteiger partial charge < -0.3 is 14.9 Å². The van der Waals surface area contributed by atoms with Crippen molar-refractivity contribution in [1.82, 2.24) is 19.7 Å². The number of nitrogens with zero attached hydrogens (tertiary/aromatic N) is 5. The second kappa shape index (κ2) is 13.4. The zero-order valence-electron chi connectivity index (χ0n) is 23.6. The Morgan fingerprint density at radius 1 is 1.29 bits per heavy atom. The van der Waals surface area contributed by atoms with Gasteiger partial charge in [-0.25, -0.2) is 4.98 Å². The number of hydrogen-bond donors (Lipinski definition) is 2. The van der Waals surface area contributed by atoms with Crippen molar-refractivity contribution in [2.75, 3.05) is 39.0 Å². The Labute approximate surface area is 249 Å². The molecule has 2 atom stereocenters. The average Bonchev–Trinajstić information content (AvgIpc) is 3.39. The fourth-order valence-corrected chi connectivity index (χ4v) is 6.65. The van der Waals surface area contributed by atoms with Crippen molar-refractivity contribution < 1.29 is 14.7 Å². The Kier molecular flexibility index (Phi) is 9.96. The number of anilines is 1. The van der Waals surface area contributed by atoms with Gasteiger partial charge in [0.2, 0.25) is 0 Å². The van der Waals surface area contributed by atoms with Gasteiger partial charge in [0.05, 0.1) is 23.0 Å². The van der Waals surface area contributed by atoms with Crippen LogP contribution in [0.25, 0.3) is 0 Å². The van der Waals surface area contributed by atoms with Crippen LogP contribution in [0, 0.1) is 25.2 Å². The molecule has 1 unspecified atom stereocenters. The summed E-state index contributed by atoms with van der Waals surface area (Å²) in [5.41, 5.74) is 4.08. The summed E-state index contributed by atoms with van der Waals surface area (Å²) in [6.07, 6.45) is 2.18. The summed E-state index contributed by atoms with van der Waals surface area (Å²) in [7, 11) is 3.97. The summed E-state index contributed by atoms with van der Waals surface area (Å²) < 4.78 is 0.878. The van der Waals surface area contributed by atoms with Crippen molar-refractivity contribution in [3.05, 3.63) is 83.1 Å². The van der Waals surface area contributed by atoms with Crippen molar-refractivity contribution in [3.63, 3.8) is 0 Å². The van der Waals surface area contributed by atoms with Crippen LogP contribution in [0.2, 0.25) is 0 Å². The van der Waals surface area contributed by atoms with E-state index in [9.17, 15) is 20.0 Å². The number of rotatable bonds is 9. The summed E-state index contributed by atoms with van der Waals surface area (Å²) in [6, 6.07) is 13.0. The van der Waals surface area contributed by atoms with Crippen LogP contribution in [0.5, 0.6) is 0 Å². The summed E-state index contributed by atoms with van der Waals surface area (Å²) in [5.74, 6) is -0.363. The van der Waals surface area contributed by atoms with Gasteiger partial charge in [0.25, 0.3) is 11.8 Å². The maximum Gasteiger partial charge on any atom is 0.257 e. The van der Waals surface area contributed by atoms with Crippen LogP contribution in [-0.2, 0) is 6.54 Å². The molecule has 0 aliphatic carbocycles. The highest BCUT2D eigenvalue weighted by molar-refractivity contribution is 8.01. The SMILES string of the molecule is C=CC(O)N1CCN(C(=O)c2cc(Sc3cnc(NC(=O)c4cccc(CN(C)C)c4)s3)c(C)cc2C)C[C@H]1C#N. The molecule has 1 aliphatic rings. The summed E-state index contributed by atoms with van der Waals surface area (Å²) in [6.45, 7) is 9.22. The summed E-state index contributed by atoms with van der Waals surface area (Å²) in [5, 5.41) is 23.2. The summed E-state index contributed by atoms with van der Waals surface area (Å²) >= 11 is 2.86. The van der Waals surface area contributed by atoms with Crippen molar-refractivity contribution >= 4 is 40.0 Å². The van der Waals surface area contributed by atoms with Crippen molar-refractivity contribution in [2.24, 2.45) is 0 Å². The van der Waals surface area contributed by atoms with E-state index in [-0.39, 0.29) is 18.4 Å². The van der Waals surface area contributed by atoms with E-state index in [0.717, 1.165) is 32.3 Å². The number of nitrogens with one attached hydrogen (secondary N) is 1. The van der Waals surface area contributed by atoms with Crippen molar-refractivity contribution in [3.8, 4) is 6.07 Å². The van der Waals surface area contributed by atoms with Gasteiger partial charge in [0.1, 0.15) is 12.3 Å². The Morgan fingerprint density at radius 2 is 2.07 bits per heavy atom. The number of amides is 2. The molecule has 2 heterocycles. The van der Waals surface area contributed by atoms with E-state index >= 15 is 0 Å². The van der Waals surface area contributed by atoms with Gasteiger partial charge in [-0.05, 0) is 68.9 Å². The lowest BCUT2D eigenvalue weighted by Crippen LogP contribution is -2.57. The number of aliphatic hydroxyl groups is 1. The zero-order valence-corrected chi connectivity index (χ0v) is 25.3. The minimum absolute atomic E-state index is 0.147. The van der Waals surface area contributed by atoms with Crippen LogP contribution in [-0.4, -0.2) is 82.6 Å². The molecule has 214 valence electrons. The maximum atomic E-state index is 13.5. The van der Waals surface area contributed by atoms with E-state index in [1.165, 1.54) is 29.2 Å². The Morgan fingerprint density at radius 3 is 2.78 bits per heavy atom. The molecule has 0 saturated carbocycles. The number of aryl methyl sites for hydroxylation is 2. The predicted octanol–water partition coefficient (Wildman–Crippen LogP) is 4.38. The van der Waals surface area contributed by atoms with Gasteiger partial charge in [0.15, 0.2) is 5.13 Å². The van der Waals surface area contributed by atoms with E-state index in [1.807, 2.05) is 63.2 Å². The highest BCUT2D eigenvalue weighted by Gasteiger charge is 2.33. The molecular weight excluding hydrogens is 557 g/mol. The molecule has 1 aromatic heterocycles. The summed E-state index contributed by atoms with van der Waals surface area (Å²) in [4.78, 5) is 37.0. The molecule has 2 N–H and O–H groups in total. The second-order valence-electron chi connectivity index (χ2n) is 10.2. The number of aromatic nitrogens is 1. The minimum Gasteiger partial charge on any atom is -0.375 e. The third-order valence-corrected chi connectivity index (χ3v) is 8.94. The van der Waals surface area contributed by atoms with E-state index in [4.69, 9.17) is 0 Å². The zero-order chi connectivity index (χ0) is 29.7. The smallest absolute Gasteiger partial charge is 0.257 e. The average molecular weight is 591 g/mol. The Hall–Kier alpha value is -3.53. The van der Waals surface area contributed by atoms with Crippen LogP contribution < -0.4 is 5.32 Å². The first kappa shape index (κ1) is 30.4. The van der Waals surface area contributed by atoms with Crippen LogP contribution in [0.15, 0.2) is 64.4 Å². The normalized spacial score (nSPS) is 16.3. The quantitative estimate of drug-likeness (QED) is 0.353. The topological polar surface area (TPSA) is 113 Å². The highest BCUT2D eigenvalue weighted by atomic mass is 32.2. The fraction of sp³-hybridized carbons (Fsp3) is 0.333. The molecule has 1 aliphatic heterocycles. The third-order valence-electron chi connectivity index (χ3n) is 6.76. The van der Waals surface area contributed by atoms with Crippen LogP contribution in [0.1, 0.15) is 37.4 Å². The van der Waals surface area contributed by atoms with Gasteiger partial charge in [-0.1, -0.05) is 47.9 Å². The van der Waals surface area contributed by atoms with Gasteiger partial charge >= 0.3 is 0 Å². The van der Waals surface area contributed by atoms with E-state index < -0.39 is 12.3 Å². The molecule has 0 spiro atoms. The number of aliphatic hydroxyl groups excluding tert-OH is 1. The predicted molar refractivity (Wildman–Crippen MR) is 162 cm³/mol. The van der Waals surface area contributed by atoms with Gasteiger partial charge in [-0.2, -0.15) is 5.26 Å². The molecule has 9 nitrogen and oxygen atoms in total. The molecule has 4 rings (SSSR count). The maximum absolute atomic E-state index is 13.5. The lowest BCUT2D eigenvalue weighted by atomic mass is 10.0. The molecule has 11 heteroatoms. The number of piperazine rings is 1. The fourth-order valence-electron chi connectivity index (χ4n) is 4.71. The molecule has 3 aromatic rings. The van der Waals surface area contributed by atoms with Crippen LogP contribution in [0.3, 0.4) is 0 Å². The molecular formula is C30H34N6O3S2. The van der Waals surface area contributed by atoms with Crippen LogP contribution >= 0.6 is 23.1 Å². The van der Waals surface area contributed by atoms with Crippen molar-refractivity contribution in [1.29, 1.82) is 5.26 Å². The van der Waals surface area contributed by atoms with E-state index in [0.29, 0.717) is 29.3 Å². The first-order valence-corrected chi connectivity index (χ1v) is 14.8. The molecule has 1 fully saturated rings. The molecule has 1 saturated heterocycles. The van der Waals surface area contributed by atoms with Crippen LogP contribution in [0.4, 0.5) is 5.13 Å². The number of hydrogen-bond acceptors (Lipinski definition) is 9. The molecule has 41 heavy (non-hydrogen) atoms. The van der Waals surface area contributed by atoms with Gasteiger partial charge in [-0.3, -0.25) is 19.8 Å². The van der Waals surface area contributed by atoms with Gasteiger partial charge in [0, 0.05) is 35.7 Å². The Balaban J connectivity index is 1.46. The highest BCUT2D eigenvalue weighted by Crippen LogP contribution is 2.37. The lowest BCUT2D eigenvalue weighted by molar-refractivity contribution is -0.0123. The lowest BCUT2D eigenvalue weighted by Gasteiger charge is -2.39. The Bertz CT molecular complexity index is 1480. The minimum atomic E-state index is -0.927. The van der Waals surface area contributed by atoms with Crippen molar-refractivity contribution in [2.45, 2.75) is 41.8 Å². The largest absolute Gasteiger partial charge is 0.375 e. The standard InChI is InChI=1S/C30H34N6O3S2/c1-6-26(37)36-11-10-35(18-23(36)15-31)29(39)24-14-25(20(3)12-19(24)2)40-27-16-32-30(41-27)33-28(38)22-9-7-8-21(13-22)17-34(4)5/h6-9,12-14,16,23,26,37H,1,10-11,17-18H2,2-5H3,(H,32,33,38)/t23-,26?/m1/s1. The first-order valence-electron chi connectivity index (χ1n) is 13.1. The molecule has 2 amide bonds. The van der Waals surface area contributed by atoms with E-state index in [1.54, 1.807) is 22.1 Å². The number of benzene rings is 2. The number of carbonyl (C=O) groups excluding carboxylic acids is 2. The first-order chi connectivity index (χ1) is 19.6.